The standard InChI is InChI=1S/C18H14N2O4/c1-19-15(21)11-5-4-10(7-12(11)16(19)22)20-17(23)13-8-2-3-9(6-8)14(13)18(20)24/h2-5,7-9,23-24H,6H2,1H3/t8-,9+. The summed E-state index contributed by atoms with van der Waals surface area (Å²) in [6.45, 7) is 0. The molecular formula is C18H14N2O4. The molecule has 0 unspecified atom stereocenters. The van der Waals surface area contributed by atoms with E-state index in [0.29, 0.717) is 11.3 Å². The highest BCUT2D eigenvalue weighted by Crippen LogP contribution is 2.57. The van der Waals surface area contributed by atoms with Gasteiger partial charge in [-0.3, -0.25) is 19.1 Å². The second-order valence-electron chi connectivity index (χ2n) is 6.54. The lowest BCUT2D eigenvalue weighted by Gasteiger charge is -2.10. The topological polar surface area (TPSA) is 82.8 Å². The molecule has 6 heteroatoms. The molecule has 1 aliphatic heterocycles. The SMILES string of the molecule is CN1C(=O)c2ccc(-n3c(O)c4c(c3O)[C@H]3C=C[C@@H]4C3)cc2C1=O. The van der Waals surface area contributed by atoms with Crippen LogP contribution in [0.1, 0.15) is 50.1 Å². The third-order valence-corrected chi connectivity index (χ3v) is 5.35. The van der Waals surface area contributed by atoms with Crippen molar-refractivity contribution < 1.29 is 19.8 Å². The maximum atomic E-state index is 12.2. The van der Waals surface area contributed by atoms with Gasteiger partial charge in [0.2, 0.25) is 11.8 Å². The Hall–Kier alpha value is -3.02. The van der Waals surface area contributed by atoms with Crippen molar-refractivity contribution in [3.8, 4) is 17.4 Å². The van der Waals surface area contributed by atoms with Gasteiger partial charge >= 0.3 is 0 Å². The van der Waals surface area contributed by atoms with Crippen LogP contribution in [0.5, 0.6) is 11.8 Å². The molecule has 2 aliphatic carbocycles. The fourth-order valence-electron chi connectivity index (χ4n) is 4.17. The first-order chi connectivity index (χ1) is 11.5. The van der Waals surface area contributed by atoms with Gasteiger partial charge in [-0.05, 0) is 24.6 Å². The summed E-state index contributed by atoms with van der Waals surface area (Å²) in [6.07, 6.45) is 4.99. The number of aromatic hydroxyl groups is 2. The molecule has 2 aromatic rings. The molecule has 0 fully saturated rings. The smallest absolute Gasteiger partial charge is 0.261 e. The quantitative estimate of drug-likeness (QED) is 0.623. The van der Waals surface area contributed by atoms with Crippen molar-refractivity contribution in [3.63, 3.8) is 0 Å². The summed E-state index contributed by atoms with van der Waals surface area (Å²) in [7, 11) is 1.44. The number of carbonyl (C=O) groups excluding carboxylic acids is 2. The van der Waals surface area contributed by atoms with Gasteiger partial charge in [0.1, 0.15) is 0 Å². The van der Waals surface area contributed by atoms with Crippen LogP contribution in [0.4, 0.5) is 0 Å². The Bertz CT molecular complexity index is 950. The van der Waals surface area contributed by atoms with Crippen LogP contribution in [0.25, 0.3) is 5.69 Å². The summed E-state index contributed by atoms with van der Waals surface area (Å²) < 4.78 is 1.35. The third kappa shape index (κ3) is 1.37. The van der Waals surface area contributed by atoms with Gasteiger partial charge in [0, 0.05) is 30.0 Å². The predicted octanol–water partition coefficient (Wildman–Crippen LogP) is 2.25. The van der Waals surface area contributed by atoms with Crippen LogP contribution < -0.4 is 0 Å². The molecule has 0 spiro atoms. The molecule has 2 heterocycles. The van der Waals surface area contributed by atoms with Gasteiger partial charge in [-0.15, -0.1) is 0 Å². The second kappa shape index (κ2) is 4.08. The monoisotopic (exact) mass is 322 g/mol. The van der Waals surface area contributed by atoms with Crippen molar-refractivity contribution in [2.45, 2.75) is 18.3 Å². The molecule has 120 valence electrons. The van der Waals surface area contributed by atoms with E-state index in [9.17, 15) is 19.8 Å². The molecule has 2 amide bonds. The highest BCUT2D eigenvalue weighted by molar-refractivity contribution is 6.21. The molecule has 3 aliphatic rings. The maximum Gasteiger partial charge on any atom is 0.261 e. The number of hydrogen-bond acceptors (Lipinski definition) is 4. The lowest BCUT2D eigenvalue weighted by atomic mass is 10.0. The molecule has 0 saturated carbocycles. The summed E-state index contributed by atoms with van der Waals surface area (Å²) in [5.41, 5.74) is 2.62. The van der Waals surface area contributed by atoms with Crippen molar-refractivity contribution in [1.82, 2.24) is 9.47 Å². The van der Waals surface area contributed by atoms with Crippen molar-refractivity contribution in [1.29, 1.82) is 0 Å². The van der Waals surface area contributed by atoms with Gasteiger partial charge in [-0.1, -0.05) is 12.2 Å². The summed E-state index contributed by atoms with van der Waals surface area (Å²) in [5, 5.41) is 21.3. The molecule has 6 nitrogen and oxygen atoms in total. The van der Waals surface area contributed by atoms with Crippen molar-refractivity contribution in [3.05, 3.63) is 52.6 Å². The van der Waals surface area contributed by atoms with Gasteiger partial charge in [-0.2, -0.15) is 0 Å². The predicted molar refractivity (Wildman–Crippen MR) is 84.8 cm³/mol. The van der Waals surface area contributed by atoms with E-state index in [2.05, 4.69) is 12.2 Å². The van der Waals surface area contributed by atoms with E-state index in [4.69, 9.17) is 0 Å². The molecular weight excluding hydrogens is 308 g/mol. The van der Waals surface area contributed by atoms with Crippen LogP contribution >= 0.6 is 0 Å². The minimum atomic E-state index is -0.378. The minimum Gasteiger partial charge on any atom is -0.494 e. The van der Waals surface area contributed by atoms with E-state index in [1.807, 2.05) is 0 Å². The minimum absolute atomic E-state index is 0.00410. The van der Waals surface area contributed by atoms with E-state index in [-0.39, 0.29) is 41.0 Å². The lowest BCUT2D eigenvalue weighted by Crippen LogP contribution is -2.24. The van der Waals surface area contributed by atoms with Gasteiger partial charge < -0.3 is 10.2 Å². The molecule has 2 atom stereocenters. The van der Waals surface area contributed by atoms with Crippen LogP contribution in [0.15, 0.2) is 30.4 Å². The molecule has 1 aromatic carbocycles. The fraction of sp³-hybridized carbons (Fsp3) is 0.222. The largest absolute Gasteiger partial charge is 0.494 e. The van der Waals surface area contributed by atoms with Crippen molar-refractivity contribution >= 4 is 11.8 Å². The van der Waals surface area contributed by atoms with Gasteiger partial charge in [0.05, 0.1) is 16.8 Å². The molecule has 2 bridgehead atoms. The number of amides is 2. The van der Waals surface area contributed by atoms with Crippen molar-refractivity contribution in [2.75, 3.05) is 7.05 Å². The zero-order chi connectivity index (χ0) is 16.7. The lowest BCUT2D eigenvalue weighted by molar-refractivity contribution is 0.0693. The van der Waals surface area contributed by atoms with Crippen molar-refractivity contribution in [2.24, 2.45) is 0 Å². The highest BCUT2D eigenvalue weighted by Gasteiger charge is 2.41. The Kier molecular flexibility index (Phi) is 2.28. The van der Waals surface area contributed by atoms with E-state index in [1.165, 1.54) is 11.6 Å². The number of fused-ring (bicyclic) bond motifs is 6. The number of rotatable bonds is 1. The molecule has 0 saturated heterocycles. The average Bonchev–Trinajstić information content (AvgIpc) is 3.30. The zero-order valence-corrected chi connectivity index (χ0v) is 12.9. The number of nitrogens with zero attached hydrogens (tertiary/aromatic N) is 2. The average molecular weight is 322 g/mol. The van der Waals surface area contributed by atoms with Gasteiger partial charge in [-0.25, -0.2) is 0 Å². The molecule has 2 N–H and O–H groups in total. The van der Waals surface area contributed by atoms with Crippen LogP contribution in [0.3, 0.4) is 0 Å². The first-order valence-corrected chi connectivity index (χ1v) is 7.80. The number of benzene rings is 1. The number of hydrogen-bond donors (Lipinski definition) is 2. The number of allylic oxidation sites excluding steroid dienone is 2. The number of imide groups is 1. The Morgan fingerprint density at radius 3 is 2.17 bits per heavy atom. The summed E-state index contributed by atoms with van der Waals surface area (Å²) in [6, 6.07) is 4.74. The van der Waals surface area contributed by atoms with Gasteiger partial charge in [0.15, 0.2) is 0 Å². The number of carbonyl (C=O) groups is 2. The molecule has 5 rings (SSSR count). The Morgan fingerprint density at radius 1 is 0.958 bits per heavy atom. The zero-order valence-electron chi connectivity index (χ0n) is 12.9. The van der Waals surface area contributed by atoms with Gasteiger partial charge in [0.25, 0.3) is 11.8 Å². The summed E-state index contributed by atoms with van der Waals surface area (Å²) in [5.74, 6) is -0.458. The molecule has 1 aromatic heterocycles. The van der Waals surface area contributed by atoms with Crippen LogP contribution in [0.2, 0.25) is 0 Å². The Morgan fingerprint density at radius 2 is 1.54 bits per heavy atom. The first kappa shape index (κ1) is 13.4. The normalized spacial score (nSPS) is 23.3. The van der Waals surface area contributed by atoms with E-state index in [0.717, 1.165) is 22.4 Å². The maximum absolute atomic E-state index is 12.2. The molecule has 24 heavy (non-hydrogen) atoms. The van der Waals surface area contributed by atoms with Crippen LogP contribution in [0, 0.1) is 0 Å². The summed E-state index contributed by atoms with van der Waals surface area (Å²) >= 11 is 0. The van der Waals surface area contributed by atoms with Crippen LogP contribution in [-0.2, 0) is 0 Å². The third-order valence-electron chi connectivity index (χ3n) is 5.35. The fourth-order valence-corrected chi connectivity index (χ4v) is 4.17. The second-order valence-corrected chi connectivity index (χ2v) is 6.54. The summed E-state index contributed by atoms with van der Waals surface area (Å²) in [4.78, 5) is 25.2. The Labute approximate surface area is 137 Å². The first-order valence-electron chi connectivity index (χ1n) is 7.80. The Balaban J connectivity index is 1.71. The van der Waals surface area contributed by atoms with Crippen LogP contribution in [-0.4, -0.2) is 38.5 Å². The van der Waals surface area contributed by atoms with E-state index >= 15 is 0 Å². The van der Waals surface area contributed by atoms with E-state index in [1.54, 1.807) is 18.2 Å². The van der Waals surface area contributed by atoms with E-state index < -0.39 is 0 Å². The molecule has 0 radical (unpaired) electrons. The highest BCUT2D eigenvalue weighted by atomic mass is 16.3. The number of aromatic nitrogens is 1.